The first-order valence-electron chi connectivity index (χ1n) is 27.6. The summed E-state index contributed by atoms with van der Waals surface area (Å²) in [6.07, 6.45) is 0. The van der Waals surface area contributed by atoms with Crippen LogP contribution in [0.5, 0.6) is 0 Å². The van der Waals surface area contributed by atoms with E-state index < -0.39 is 0 Å². The van der Waals surface area contributed by atoms with Gasteiger partial charge in [-0.15, -0.1) is 0 Å². The molecule has 0 aromatic heterocycles. The van der Waals surface area contributed by atoms with Crippen LogP contribution in [-0.2, 0) is 16.2 Å². The number of rotatable bonds is 5. The molecule has 0 saturated heterocycles. The van der Waals surface area contributed by atoms with Gasteiger partial charge >= 0.3 is 0 Å². The molecule has 0 saturated carbocycles. The van der Waals surface area contributed by atoms with E-state index in [1.54, 1.807) is 0 Å². The zero-order valence-corrected chi connectivity index (χ0v) is 45.3. The molecule has 0 radical (unpaired) electrons. The molecular weight excluding hydrogens is 925 g/mol. The minimum atomic E-state index is -0.158. The first-order valence-corrected chi connectivity index (χ1v) is 27.6. The Labute approximate surface area is 452 Å². The highest BCUT2D eigenvalue weighted by atomic mass is 14.4. The van der Waals surface area contributed by atoms with E-state index in [0.717, 1.165) is 0 Å². The molecule has 0 aliphatic heterocycles. The lowest BCUT2D eigenvalue weighted by atomic mass is 9.79. The van der Waals surface area contributed by atoms with E-state index >= 15 is 0 Å². The normalized spacial score (nSPS) is 14.2. The highest BCUT2D eigenvalue weighted by Gasteiger charge is 2.38. The standard InChI is InChI=1S/C77H60/c1-45-58-13-9-11-15-65(58)73(66-16-12-10-14-59(45)66)49-23-19-47(20-24-49)52-29-35-62-64-37-31-54(44-71(64)77(7,8)69(62)42-52)53-30-36-63-61-34-28-51(41-68(61)76(5,6)70(63)43-53)46-17-21-48(22-18-46)60-33-27-50-25-26-55-39-57(75(2,3)4)40-56-32-38-67(60)74(50)72(55)56/h9-44H,1-8H3. The van der Waals surface area contributed by atoms with E-state index in [-0.39, 0.29) is 16.2 Å². The van der Waals surface area contributed by atoms with Gasteiger partial charge in [0.1, 0.15) is 0 Å². The van der Waals surface area contributed by atoms with Gasteiger partial charge in [0.2, 0.25) is 0 Å². The Kier molecular flexibility index (Phi) is 9.64. The summed E-state index contributed by atoms with van der Waals surface area (Å²) in [4.78, 5) is 0. The van der Waals surface area contributed by atoms with Crippen molar-refractivity contribution in [3.63, 3.8) is 0 Å². The Balaban J connectivity index is 0.705. The zero-order valence-electron chi connectivity index (χ0n) is 45.3. The molecule has 2 aliphatic carbocycles. The quantitative estimate of drug-likeness (QED) is 0.119. The van der Waals surface area contributed by atoms with Crippen LogP contribution in [0.1, 0.15) is 81.8 Å². The van der Waals surface area contributed by atoms with Crippen molar-refractivity contribution in [2.24, 2.45) is 0 Å². The average Bonchev–Trinajstić information content (AvgIpc) is 4.02. The predicted octanol–water partition coefficient (Wildman–Crippen LogP) is 21.4. The summed E-state index contributed by atoms with van der Waals surface area (Å²) in [7, 11) is 0. The molecular formula is C77H60. The smallest absolute Gasteiger partial charge is 0.0159 e. The molecule has 0 atom stereocenters. The topological polar surface area (TPSA) is 0 Å². The first-order chi connectivity index (χ1) is 37.2. The van der Waals surface area contributed by atoms with Crippen LogP contribution in [0.3, 0.4) is 0 Å². The first kappa shape index (κ1) is 45.8. The molecule has 368 valence electrons. The van der Waals surface area contributed by atoms with E-state index in [1.165, 1.54) is 165 Å². The molecule has 13 aromatic rings. The van der Waals surface area contributed by atoms with Crippen LogP contribution in [-0.4, -0.2) is 0 Å². The van der Waals surface area contributed by atoms with Crippen LogP contribution in [0, 0.1) is 6.92 Å². The van der Waals surface area contributed by atoms with Crippen LogP contribution in [0.15, 0.2) is 218 Å². The van der Waals surface area contributed by atoms with E-state index in [9.17, 15) is 0 Å². The van der Waals surface area contributed by atoms with Gasteiger partial charge in [-0.05, 0) is 202 Å². The lowest BCUT2D eigenvalue weighted by molar-refractivity contribution is 0.591. The molecule has 0 fully saturated rings. The molecule has 0 heterocycles. The molecule has 77 heavy (non-hydrogen) atoms. The maximum absolute atomic E-state index is 2.48. The summed E-state index contributed by atoms with van der Waals surface area (Å²) in [6, 6.07) is 83.7. The number of aryl methyl sites for hydroxylation is 1. The van der Waals surface area contributed by atoms with Crippen LogP contribution in [0.4, 0.5) is 0 Å². The van der Waals surface area contributed by atoms with Gasteiger partial charge in [-0.2, -0.15) is 0 Å². The highest BCUT2D eigenvalue weighted by Crippen LogP contribution is 2.54. The fourth-order valence-electron chi connectivity index (χ4n) is 14.0. The summed E-state index contributed by atoms with van der Waals surface area (Å²) in [5.74, 6) is 0. The Morgan fingerprint density at radius 3 is 1.09 bits per heavy atom. The van der Waals surface area contributed by atoms with Crippen molar-refractivity contribution in [1.29, 1.82) is 0 Å². The van der Waals surface area contributed by atoms with E-state index in [4.69, 9.17) is 0 Å². The number of fused-ring (bicyclic) bond motifs is 8. The van der Waals surface area contributed by atoms with Gasteiger partial charge in [-0.3, -0.25) is 0 Å². The summed E-state index contributed by atoms with van der Waals surface area (Å²) in [5.41, 5.74) is 26.0. The summed E-state index contributed by atoms with van der Waals surface area (Å²) in [5, 5.41) is 13.2. The van der Waals surface area contributed by atoms with Gasteiger partial charge in [0.25, 0.3) is 0 Å². The van der Waals surface area contributed by atoms with E-state index in [0.29, 0.717) is 0 Å². The minimum absolute atomic E-state index is 0.0931. The number of benzene rings is 13. The van der Waals surface area contributed by atoms with Crippen LogP contribution >= 0.6 is 0 Å². The van der Waals surface area contributed by atoms with Crippen molar-refractivity contribution in [2.75, 3.05) is 0 Å². The Morgan fingerprint density at radius 2 is 0.636 bits per heavy atom. The lowest BCUT2D eigenvalue weighted by Gasteiger charge is -2.24. The fourth-order valence-corrected chi connectivity index (χ4v) is 14.0. The molecule has 0 N–H and O–H groups in total. The van der Waals surface area contributed by atoms with Gasteiger partial charge in [0.15, 0.2) is 0 Å². The minimum Gasteiger partial charge on any atom is -0.0616 e. The molecule has 0 spiro atoms. The second-order valence-electron chi connectivity index (χ2n) is 24.5. The fraction of sp³-hybridized carbons (Fsp3) is 0.143. The van der Waals surface area contributed by atoms with Gasteiger partial charge in [0, 0.05) is 10.8 Å². The third-order valence-corrected chi connectivity index (χ3v) is 18.4. The highest BCUT2D eigenvalue weighted by molar-refractivity contribution is 6.25. The van der Waals surface area contributed by atoms with Crippen molar-refractivity contribution in [2.45, 2.75) is 71.6 Å². The maximum Gasteiger partial charge on any atom is 0.0159 e. The van der Waals surface area contributed by atoms with Gasteiger partial charge < -0.3 is 0 Å². The number of hydrogen-bond acceptors (Lipinski definition) is 0. The number of hydrogen-bond donors (Lipinski definition) is 0. The second kappa shape index (κ2) is 16.2. The Morgan fingerprint density at radius 1 is 0.286 bits per heavy atom. The lowest BCUT2D eigenvalue weighted by Crippen LogP contribution is -2.15. The van der Waals surface area contributed by atoms with Crippen molar-refractivity contribution in [1.82, 2.24) is 0 Å². The predicted molar refractivity (Wildman–Crippen MR) is 331 cm³/mol. The van der Waals surface area contributed by atoms with Crippen molar-refractivity contribution in [3.05, 3.63) is 252 Å². The summed E-state index contributed by atoms with van der Waals surface area (Å²) in [6.45, 7) is 18.8. The van der Waals surface area contributed by atoms with Crippen LogP contribution < -0.4 is 0 Å². The summed E-state index contributed by atoms with van der Waals surface area (Å²) < 4.78 is 0. The zero-order chi connectivity index (χ0) is 52.3. The third-order valence-electron chi connectivity index (χ3n) is 18.4. The monoisotopic (exact) mass is 984 g/mol. The van der Waals surface area contributed by atoms with E-state index in [2.05, 4.69) is 274 Å². The average molecular weight is 985 g/mol. The molecule has 13 aromatic carbocycles. The third kappa shape index (κ3) is 6.77. The second-order valence-corrected chi connectivity index (χ2v) is 24.5. The van der Waals surface area contributed by atoms with Crippen molar-refractivity contribution in [3.8, 4) is 77.9 Å². The Hall–Kier alpha value is -8.58. The molecule has 15 rings (SSSR count). The van der Waals surface area contributed by atoms with Crippen LogP contribution in [0.2, 0.25) is 0 Å². The molecule has 0 heteroatoms. The van der Waals surface area contributed by atoms with Gasteiger partial charge in [0.05, 0.1) is 0 Å². The largest absolute Gasteiger partial charge is 0.0616 e. The SMILES string of the molecule is Cc1c2ccccc2c(-c2ccc(-c3ccc4c(c3)C(C)(C)c3cc(-c5ccc6c(c5)C(C)(C)c5cc(-c7ccc(-c8ccc9ccc%10cc(C(C)(C)C)cc%11ccc8c9c%10%11)cc7)ccc5-6)ccc3-4)cc2)c2ccccc12. The molecule has 0 unspecified atom stereocenters. The summed E-state index contributed by atoms with van der Waals surface area (Å²) >= 11 is 0. The molecule has 0 bridgehead atoms. The van der Waals surface area contributed by atoms with E-state index in [1.807, 2.05) is 0 Å². The molecule has 0 nitrogen and oxygen atoms in total. The Bertz CT molecular complexity index is 4550. The maximum atomic E-state index is 2.48. The molecule has 2 aliphatic rings. The van der Waals surface area contributed by atoms with Crippen molar-refractivity contribution >= 4 is 53.9 Å². The van der Waals surface area contributed by atoms with Crippen molar-refractivity contribution < 1.29 is 0 Å². The van der Waals surface area contributed by atoms with Gasteiger partial charge in [-0.25, -0.2) is 0 Å². The van der Waals surface area contributed by atoms with Crippen LogP contribution in [0.25, 0.3) is 132 Å². The van der Waals surface area contributed by atoms with Gasteiger partial charge in [-0.1, -0.05) is 243 Å². The molecule has 0 amide bonds.